The second kappa shape index (κ2) is 3.91. The predicted molar refractivity (Wildman–Crippen MR) is 62.8 cm³/mol. The SMILES string of the molecule is CC(C)C=C1CN2CCCC2C(C)(O)C1. The molecule has 0 saturated carbocycles. The molecule has 0 bridgehead atoms. The van der Waals surface area contributed by atoms with Crippen LogP contribution in [0.5, 0.6) is 0 Å². The molecular weight excluding hydrogens is 186 g/mol. The van der Waals surface area contributed by atoms with Crippen LogP contribution in [0.4, 0.5) is 0 Å². The van der Waals surface area contributed by atoms with Crippen LogP contribution in [0.25, 0.3) is 0 Å². The molecule has 2 heteroatoms. The molecule has 0 aliphatic carbocycles. The van der Waals surface area contributed by atoms with Crippen LogP contribution in [0.3, 0.4) is 0 Å². The molecule has 15 heavy (non-hydrogen) atoms. The van der Waals surface area contributed by atoms with Crippen LogP contribution in [0.2, 0.25) is 0 Å². The zero-order valence-corrected chi connectivity index (χ0v) is 10.2. The molecule has 2 aliphatic heterocycles. The fourth-order valence-corrected chi connectivity index (χ4v) is 3.20. The number of aliphatic hydroxyl groups is 1. The van der Waals surface area contributed by atoms with Crippen molar-refractivity contribution in [2.24, 2.45) is 5.92 Å². The van der Waals surface area contributed by atoms with Gasteiger partial charge >= 0.3 is 0 Å². The average Bonchev–Trinajstić information content (AvgIpc) is 2.49. The maximum Gasteiger partial charge on any atom is 0.0811 e. The monoisotopic (exact) mass is 209 g/mol. The van der Waals surface area contributed by atoms with E-state index in [-0.39, 0.29) is 0 Å². The number of hydrogen-bond donors (Lipinski definition) is 1. The number of piperidine rings is 1. The molecule has 2 atom stereocenters. The van der Waals surface area contributed by atoms with Crippen LogP contribution in [0.15, 0.2) is 11.6 Å². The smallest absolute Gasteiger partial charge is 0.0811 e. The van der Waals surface area contributed by atoms with Crippen molar-refractivity contribution in [1.29, 1.82) is 0 Å². The van der Waals surface area contributed by atoms with Crippen molar-refractivity contribution in [2.75, 3.05) is 13.1 Å². The third kappa shape index (κ3) is 2.26. The van der Waals surface area contributed by atoms with Gasteiger partial charge in [-0.1, -0.05) is 25.5 Å². The minimum Gasteiger partial charge on any atom is -0.388 e. The molecule has 2 fully saturated rings. The number of rotatable bonds is 1. The summed E-state index contributed by atoms with van der Waals surface area (Å²) in [7, 11) is 0. The van der Waals surface area contributed by atoms with Gasteiger partial charge < -0.3 is 5.11 Å². The normalized spacial score (nSPS) is 40.1. The number of fused-ring (bicyclic) bond motifs is 1. The van der Waals surface area contributed by atoms with E-state index in [0.717, 1.165) is 19.5 Å². The van der Waals surface area contributed by atoms with Gasteiger partial charge in [0.2, 0.25) is 0 Å². The molecule has 2 saturated heterocycles. The van der Waals surface area contributed by atoms with Gasteiger partial charge in [0.15, 0.2) is 0 Å². The van der Waals surface area contributed by atoms with Crippen LogP contribution in [-0.4, -0.2) is 34.7 Å². The lowest BCUT2D eigenvalue weighted by molar-refractivity contribution is -0.0330. The first-order valence-electron chi connectivity index (χ1n) is 6.15. The van der Waals surface area contributed by atoms with Crippen molar-refractivity contribution in [1.82, 2.24) is 4.90 Å². The molecular formula is C13H23NO. The van der Waals surface area contributed by atoms with E-state index in [0.29, 0.717) is 12.0 Å². The molecule has 0 spiro atoms. The molecule has 2 rings (SSSR count). The molecule has 2 aliphatic rings. The van der Waals surface area contributed by atoms with Crippen molar-refractivity contribution in [3.05, 3.63) is 11.6 Å². The molecule has 1 N–H and O–H groups in total. The quantitative estimate of drug-likeness (QED) is 0.669. The van der Waals surface area contributed by atoms with Crippen LogP contribution in [0, 0.1) is 5.92 Å². The van der Waals surface area contributed by atoms with Crippen LogP contribution in [-0.2, 0) is 0 Å². The summed E-state index contributed by atoms with van der Waals surface area (Å²) in [5.41, 5.74) is 0.920. The molecule has 86 valence electrons. The highest BCUT2D eigenvalue weighted by Gasteiger charge is 2.43. The first kappa shape index (κ1) is 11.2. The van der Waals surface area contributed by atoms with Gasteiger partial charge in [0.1, 0.15) is 0 Å². The standard InChI is InChI=1S/C13H23NO/c1-10(2)7-11-8-13(3,15)12-5-4-6-14(12)9-11/h7,10,12,15H,4-6,8-9H2,1-3H3. The number of hydrogen-bond acceptors (Lipinski definition) is 2. The zero-order valence-electron chi connectivity index (χ0n) is 10.2. The van der Waals surface area contributed by atoms with Gasteiger partial charge in [-0.2, -0.15) is 0 Å². The summed E-state index contributed by atoms with van der Waals surface area (Å²) >= 11 is 0. The summed E-state index contributed by atoms with van der Waals surface area (Å²) in [5.74, 6) is 0.593. The van der Waals surface area contributed by atoms with Gasteiger partial charge in [-0.3, -0.25) is 4.90 Å². The van der Waals surface area contributed by atoms with E-state index in [1.165, 1.54) is 18.4 Å². The van der Waals surface area contributed by atoms with Crippen LogP contribution >= 0.6 is 0 Å². The lowest BCUT2D eigenvalue weighted by Gasteiger charge is -2.42. The predicted octanol–water partition coefficient (Wildman–Crippen LogP) is 2.19. The average molecular weight is 209 g/mol. The Kier molecular flexibility index (Phi) is 2.91. The summed E-state index contributed by atoms with van der Waals surface area (Å²) in [5, 5.41) is 10.4. The first-order valence-corrected chi connectivity index (χ1v) is 6.15. The van der Waals surface area contributed by atoms with Crippen LogP contribution < -0.4 is 0 Å². The highest BCUT2D eigenvalue weighted by Crippen LogP contribution is 2.36. The lowest BCUT2D eigenvalue weighted by Crippen LogP contribution is -2.52. The summed E-state index contributed by atoms with van der Waals surface area (Å²) in [6.45, 7) is 8.66. The Bertz CT molecular complexity index is 268. The zero-order chi connectivity index (χ0) is 11.1. The minimum atomic E-state index is -0.504. The van der Waals surface area contributed by atoms with Gasteiger partial charge in [-0.05, 0) is 38.6 Å². The minimum absolute atomic E-state index is 0.404. The summed E-state index contributed by atoms with van der Waals surface area (Å²) < 4.78 is 0. The van der Waals surface area contributed by atoms with Crippen molar-refractivity contribution < 1.29 is 5.11 Å². The lowest BCUT2D eigenvalue weighted by atomic mass is 9.83. The Labute approximate surface area is 93.0 Å². The summed E-state index contributed by atoms with van der Waals surface area (Å²) in [4.78, 5) is 2.46. The maximum absolute atomic E-state index is 10.4. The number of allylic oxidation sites excluding steroid dienone is 1. The highest BCUT2D eigenvalue weighted by atomic mass is 16.3. The molecule has 2 unspecified atom stereocenters. The Morgan fingerprint density at radius 2 is 2.27 bits per heavy atom. The van der Waals surface area contributed by atoms with E-state index in [1.807, 2.05) is 6.92 Å². The van der Waals surface area contributed by atoms with Crippen molar-refractivity contribution in [3.63, 3.8) is 0 Å². The van der Waals surface area contributed by atoms with Crippen molar-refractivity contribution in [3.8, 4) is 0 Å². The Morgan fingerprint density at radius 3 is 2.93 bits per heavy atom. The maximum atomic E-state index is 10.4. The van der Waals surface area contributed by atoms with Gasteiger partial charge in [-0.15, -0.1) is 0 Å². The van der Waals surface area contributed by atoms with Gasteiger partial charge in [0.25, 0.3) is 0 Å². The molecule has 0 aromatic carbocycles. The van der Waals surface area contributed by atoms with E-state index in [4.69, 9.17) is 0 Å². The van der Waals surface area contributed by atoms with Gasteiger partial charge in [0.05, 0.1) is 5.60 Å². The molecule has 2 heterocycles. The third-order valence-corrected chi connectivity index (χ3v) is 3.64. The van der Waals surface area contributed by atoms with Gasteiger partial charge in [0, 0.05) is 12.6 Å². The molecule has 0 radical (unpaired) electrons. The molecule has 0 aromatic heterocycles. The summed E-state index contributed by atoms with van der Waals surface area (Å²) in [6, 6.07) is 0.404. The van der Waals surface area contributed by atoms with E-state index in [9.17, 15) is 5.11 Å². The summed E-state index contributed by atoms with van der Waals surface area (Å²) in [6.07, 6.45) is 5.60. The van der Waals surface area contributed by atoms with Crippen LogP contribution in [0.1, 0.15) is 40.0 Å². The highest BCUT2D eigenvalue weighted by molar-refractivity contribution is 5.17. The molecule has 0 amide bonds. The van der Waals surface area contributed by atoms with Crippen molar-refractivity contribution in [2.45, 2.75) is 51.7 Å². The fourth-order valence-electron chi connectivity index (χ4n) is 3.20. The number of nitrogens with zero attached hydrogens (tertiary/aromatic N) is 1. The Hall–Kier alpha value is -0.340. The fraction of sp³-hybridized carbons (Fsp3) is 0.846. The Balaban J connectivity index is 2.16. The Morgan fingerprint density at radius 1 is 1.53 bits per heavy atom. The van der Waals surface area contributed by atoms with E-state index in [2.05, 4.69) is 24.8 Å². The first-order chi connectivity index (χ1) is 6.99. The van der Waals surface area contributed by atoms with E-state index < -0.39 is 5.60 Å². The third-order valence-electron chi connectivity index (χ3n) is 3.64. The van der Waals surface area contributed by atoms with Gasteiger partial charge in [-0.25, -0.2) is 0 Å². The molecule has 2 nitrogen and oxygen atoms in total. The second-order valence-corrected chi connectivity index (χ2v) is 5.73. The van der Waals surface area contributed by atoms with E-state index in [1.54, 1.807) is 0 Å². The second-order valence-electron chi connectivity index (χ2n) is 5.73. The van der Waals surface area contributed by atoms with Crippen molar-refractivity contribution >= 4 is 0 Å². The topological polar surface area (TPSA) is 23.5 Å². The molecule has 0 aromatic rings. The van der Waals surface area contributed by atoms with E-state index >= 15 is 0 Å². The largest absolute Gasteiger partial charge is 0.388 e.